The highest BCUT2D eigenvalue weighted by molar-refractivity contribution is 5.13. The van der Waals surface area contributed by atoms with E-state index in [1.54, 1.807) is 6.20 Å². The van der Waals surface area contributed by atoms with E-state index in [9.17, 15) is 5.11 Å². The fourth-order valence-corrected chi connectivity index (χ4v) is 2.18. The molecule has 0 aliphatic carbocycles. The Hall–Kier alpha value is -1.62. The number of aliphatic hydroxyl groups excluding tert-OH is 1. The Morgan fingerprint density at radius 2 is 2.22 bits per heavy atom. The normalized spacial score (nSPS) is 12.9. The quantitative estimate of drug-likeness (QED) is 0.874. The molecule has 0 spiro atoms. The second-order valence-electron chi connectivity index (χ2n) is 4.60. The van der Waals surface area contributed by atoms with E-state index >= 15 is 0 Å². The third-order valence-electron chi connectivity index (χ3n) is 3.03. The van der Waals surface area contributed by atoms with E-state index in [0.717, 1.165) is 30.0 Å². The van der Waals surface area contributed by atoms with Gasteiger partial charge in [0.25, 0.3) is 0 Å². The van der Waals surface area contributed by atoms with E-state index in [0.29, 0.717) is 6.42 Å². The Morgan fingerprint density at radius 3 is 2.83 bits per heavy atom. The molecule has 0 amide bonds. The highest BCUT2D eigenvalue weighted by Crippen LogP contribution is 2.18. The van der Waals surface area contributed by atoms with E-state index in [4.69, 9.17) is 0 Å². The van der Waals surface area contributed by atoms with Crippen molar-refractivity contribution in [1.82, 2.24) is 19.6 Å². The molecule has 0 aromatic carbocycles. The molecule has 0 aliphatic rings. The molecule has 0 bridgehead atoms. The molecule has 2 aromatic heterocycles. The van der Waals surface area contributed by atoms with Crippen LogP contribution < -0.4 is 0 Å². The lowest BCUT2D eigenvalue weighted by molar-refractivity contribution is 0.164. The van der Waals surface area contributed by atoms with E-state index in [-0.39, 0.29) is 0 Å². The van der Waals surface area contributed by atoms with Crippen LogP contribution in [0.25, 0.3) is 0 Å². The van der Waals surface area contributed by atoms with Crippen molar-refractivity contribution >= 4 is 0 Å². The van der Waals surface area contributed by atoms with Gasteiger partial charge in [0.1, 0.15) is 6.10 Å². The monoisotopic (exact) mass is 248 g/mol. The van der Waals surface area contributed by atoms with Crippen molar-refractivity contribution in [3.05, 3.63) is 35.4 Å². The van der Waals surface area contributed by atoms with E-state index < -0.39 is 6.10 Å². The first-order valence-electron chi connectivity index (χ1n) is 6.31. The molecule has 2 rings (SSSR count). The molecule has 2 aromatic rings. The minimum Gasteiger partial charge on any atom is -0.386 e. The highest BCUT2D eigenvalue weighted by atomic mass is 16.3. The number of rotatable bonds is 5. The minimum absolute atomic E-state index is 0.533. The summed E-state index contributed by atoms with van der Waals surface area (Å²) in [6, 6.07) is 3.88. The molecule has 0 aliphatic heterocycles. The van der Waals surface area contributed by atoms with Crippen molar-refractivity contribution in [3.63, 3.8) is 0 Å². The zero-order chi connectivity index (χ0) is 13.1. The number of nitrogens with zero attached hydrogens (tertiary/aromatic N) is 4. The molecule has 5 nitrogen and oxygen atoms in total. The van der Waals surface area contributed by atoms with E-state index in [1.807, 2.05) is 35.5 Å². The van der Waals surface area contributed by atoms with Gasteiger partial charge in [-0.1, -0.05) is 6.92 Å². The van der Waals surface area contributed by atoms with Gasteiger partial charge in [0, 0.05) is 31.9 Å². The molecule has 2 heterocycles. The fourth-order valence-electron chi connectivity index (χ4n) is 2.18. The maximum atomic E-state index is 10.3. The molecular weight excluding hydrogens is 228 g/mol. The second kappa shape index (κ2) is 5.35. The first kappa shape index (κ1) is 12.8. The summed E-state index contributed by atoms with van der Waals surface area (Å²) >= 11 is 0. The molecule has 98 valence electrons. The van der Waals surface area contributed by atoms with Gasteiger partial charge in [-0.2, -0.15) is 10.2 Å². The number of aromatic nitrogens is 4. The van der Waals surface area contributed by atoms with Gasteiger partial charge in [0.05, 0.1) is 11.4 Å². The molecule has 1 unspecified atom stereocenters. The van der Waals surface area contributed by atoms with E-state index in [1.165, 1.54) is 0 Å². The lowest BCUT2D eigenvalue weighted by Gasteiger charge is -2.13. The van der Waals surface area contributed by atoms with Crippen molar-refractivity contribution in [2.24, 2.45) is 7.05 Å². The van der Waals surface area contributed by atoms with Crippen molar-refractivity contribution < 1.29 is 5.11 Å². The van der Waals surface area contributed by atoms with Gasteiger partial charge in [-0.25, -0.2) is 0 Å². The SMILES string of the molecule is CCCn1nccc1C(O)Cc1cc(C)nn1C. The third-order valence-corrected chi connectivity index (χ3v) is 3.03. The van der Waals surface area contributed by atoms with Crippen molar-refractivity contribution in [1.29, 1.82) is 0 Å². The topological polar surface area (TPSA) is 55.9 Å². The van der Waals surface area contributed by atoms with Gasteiger partial charge in [-0.05, 0) is 25.5 Å². The van der Waals surface area contributed by atoms with E-state index in [2.05, 4.69) is 17.1 Å². The van der Waals surface area contributed by atoms with Gasteiger partial charge < -0.3 is 5.11 Å². The molecule has 18 heavy (non-hydrogen) atoms. The Bertz CT molecular complexity index is 515. The first-order valence-corrected chi connectivity index (χ1v) is 6.31. The Labute approximate surface area is 107 Å². The standard InChI is InChI=1S/C13H20N4O/c1-4-7-17-12(5-6-14-17)13(18)9-11-8-10(2)15-16(11)3/h5-6,8,13,18H,4,7,9H2,1-3H3. The van der Waals surface area contributed by atoms with Crippen LogP contribution in [0.15, 0.2) is 18.3 Å². The minimum atomic E-state index is -0.533. The summed E-state index contributed by atoms with van der Waals surface area (Å²) in [6.07, 6.45) is 2.77. The lowest BCUT2D eigenvalue weighted by atomic mass is 10.1. The average molecular weight is 248 g/mol. The van der Waals surface area contributed by atoms with Crippen LogP contribution in [-0.4, -0.2) is 24.7 Å². The van der Waals surface area contributed by atoms with Crippen LogP contribution in [0.4, 0.5) is 0 Å². The van der Waals surface area contributed by atoms with Gasteiger partial charge in [-0.15, -0.1) is 0 Å². The van der Waals surface area contributed by atoms with Crippen molar-refractivity contribution in [2.45, 2.75) is 39.3 Å². The summed E-state index contributed by atoms with van der Waals surface area (Å²) in [5.41, 5.74) is 2.88. The Morgan fingerprint density at radius 1 is 1.44 bits per heavy atom. The Balaban J connectivity index is 2.14. The maximum Gasteiger partial charge on any atom is 0.101 e. The van der Waals surface area contributed by atoms with Crippen molar-refractivity contribution in [2.75, 3.05) is 0 Å². The molecule has 0 radical (unpaired) electrons. The summed E-state index contributed by atoms with van der Waals surface area (Å²) in [7, 11) is 1.90. The maximum absolute atomic E-state index is 10.3. The zero-order valence-electron chi connectivity index (χ0n) is 11.2. The lowest BCUT2D eigenvalue weighted by Crippen LogP contribution is -2.12. The molecular formula is C13H20N4O. The zero-order valence-corrected chi connectivity index (χ0v) is 11.2. The van der Waals surface area contributed by atoms with Gasteiger partial charge >= 0.3 is 0 Å². The van der Waals surface area contributed by atoms with Crippen LogP contribution in [0.3, 0.4) is 0 Å². The van der Waals surface area contributed by atoms with Gasteiger partial charge in [0.15, 0.2) is 0 Å². The van der Waals surface area contributed by atoms with Crippen LogP contribution >= 0.6 is 0 Å². The largest absolute Gasteiger partial charge is 0.386 e. The molecule has 1 atom stereocenters. The highest BCUT2D eigenvalue weighted by Gasteiger charge is 2.15. The Kier molecular flexibility index (Phi) is 3.81. The molecule has 0 saturated carbocycles. The van der Waals surface area contributed by atoms with Gasteiger partial charge in [0.2, 0.25) is 0 Å². The predicted octanol–water partition coefficient (Wildman–Crippen LogP) is 1.61. The number of hydrogen-bond donors (Lipinski definition) is 1. The van der Waals surface area contributed by atoms with Crippen LogP contribution in [-0.2, 0) is 20.0 Å². The molecule has 1 N–H and O–H groups in total. The third kappa shape index (κ3) is 2.61. The molecule has 0 saturated heterocycles. The second-order valence-corrected chi connectivity index (χ2v) is 4.60. The molecule has 5 heteroatoms. The molecule has 0 fully saturated rings. The van der Waals surface area contributed by atoms with Crippen molar-refractivity contribution in [3.8, 4) is 0 Å². The van der Waals surface area contributed by atoms with Crippen LogP contribution in [0.5, 0.6) is 0 Å². The average Bonchev–Trinajstić information content (AvgIpc) is 2.87. The smallest absolute Gasteiger partial charge is 0.101 e. The summed E-state index contributed by atoms with van der Waals surface area (Å²) < 4.78 is 3.69. The van der Waals surface area contributed by atoms with Gasteiger partial charge in [-0.3, -0.25) is 9.36 Å². The summed E-state index contributed by atoms with van der Waals surface area (Å²) in [4.78, 5) is 0. The van der Waals surface area contributed by atoms with Crippen LogP contribution in [0, 0.1) is 6.92 Å². The summed E-state index contributed by atoms with van der Waals surface area (Å²) in [5, 5.41) is 18.8. The fraction of sp³-hybridized carbons (Fsp3) is 0.538. The van der Waals surface area contributed by atoms with Crippen LogP contribution in [0.2, 0.25) is 0 Å². The summed E-state index contributed by atoms with van der Waals surface area (Å²) in [6.45, 7) is 4.89. The number of aliphatic hydroxyl groups is 1. The first-order chi connectivity index (χ1) is 8.61. The summed E-state index contributed by atoms with van der Waals surface area (Å²) in [5.74, 6) is 0. The number of hydrogen-bond acceptors (Lipinski definition) is 3. The van der Waals surface area contributed by atoms with Crippen LogP contribution in [0.1, 0.15) is 36.5 Å². The predicted molar refractivity (Wildman–Crippen MR) is 69.1 cm³/mol. The number of aryl methyl sites for hydroxylation is 3.